The molecule has 3 rings (SSSR count). The molecule has 5 nitrogen and oxygen atoms in total. The van der Waals surface area contributed by atoms with Gasteiger partial charge in [-0.25, -0.2) is 4.79 Å². The molecule has 0 N–H and O–H groups in total. The Morgan fingerprint density at radius 3 is 2.62 bits per heavy atom. The highest BCUT2D eigenvalue weighted by Crippen LogP contribution is 2.28. The second kappa shape index (κ2) is 7.54. The minimum Gasteiger partial charge on any atom is -0.459 e. The van der Waals surface area contributed by atoms with Gasteiger partial charge in [0.25, 0.3) is 0 Å². The van der Waals surface area contributed by atoms with Crippen molar-refractivity contribution in [1.29, 1.82) is 0 Å². The predicted octanol–water partition coefficient (Wildman–Crippen LogP) is 3.68. The van der Waals surface area contributed by atoms with Crippen LogP contribution in [-0.2, 0) is 15.9 Å². The number of rotatable bonds is 5. The second-order valence-corrected chi connectivity index (χ2v) is 7.03. The van der Waals surface area contributed by atoms with E-state index in [4.69, 9.17) is 9.47 Å². The molecular formula is C21H28N2O3. The average Bonchev–Trinajstić information content (AvgIpc) is 3.03. The third-order valence-electron chi connectivity index (χ3n) is 4.84. The Balaban J connectivity index is 2.14. The molecule has 1 fully saturated rings. The zero-order chi connectivity index (χ0) is 18.8. The molecule has 0 spiro atoms. The molecule has 0 saturated carbocycles. The summed E-state index contributed by atoms with van der Waals surface area (Å²) in [4.78, 5) is 14.9. The van der Waals surface area contributed by atoms with E-state index in [9.17, 15) is 4.79 Å². The smallest absolute Gasteiger partial charge is 0.338 e. The summed E-state index contributed by atoms with van der Waals surface area (Å²) in [5, 5.41) is 0. The molecule has 0 atom stereocenters. The van der Waals surface area contributed by atoms with E-state index >= 15 is 0 Å². The molecule has 26 heavy (non-hydrogen) atoms. The zero-order valence-electron chi connectivity index (χ0n) is 16.2. The molecule has 1 aliphatic heterocycles. The van der Waals surface area contributed by atoms with E-state index in [0.29, 0.717) is 18.8 Å². The summed E-state index contributed by atoms with van der Waals surface area (Å²) in [6.07, 6.45) is 2.93. The van der Waals surface area contributed by atoms with E-state index in [1.165, 1.54) is 5.56 Å². The minimum absolute atomic E-state index is 0.151. The topological polar surface area (TPSA) is 43.2 Å². The summed E-state index contributed by atoms with van der Waals surface area (Å²) in [6.45, 7) is 15.2. The van der Waals surface area contributed by atoms with Crippen LogP contribution < -0.4 is 0 Å². The molecule has 0 aliphatic carbocycles. The first-order valence-electron chi connectivity index (χ1n) is 9.30. The van der Waals surface area contributed by atoms with Crippen LogP contribution >= 0.6 is 0 Å². The van der Waals surface area contributed by atoms with E-state index in [0.717, 1.165) is 42.0 Å². The number of fused-ring (bicyclic) bond motifs is 1. The second-order valence-electron chi connectivity index (χ2n) is 7.03. The van der Waals surface area contributed by atoms with Gasteiger partial charge < -0.3 is 18.8 Å². The van der Waals surface area contributed by atoms with E-state index in [2.05, 4.69) is 35.1 Å². The maximum atomic E-state index is 12.7. The van der Waals surface area contributed by atoms with Crippen LogP contribution in [0.3, 0.4) is 0 Å². The normalized spacial score (nSPS) is 14.9. The standard InChI is InChI=1S/C21H28N2O3/c1-6-17-11-18-12-19(21(24)26-14(2)3)15(4)20(23(18)13-17)16(5)22-7-9-25-10-8-22/h11-14H,5-10H2,1-4H3. The summed E-state index contributed by atoms with van der Waals surface area (Å²) < 4.78 is 13.1. The highest BCUT2D eigenvalue weighted by Gasteiger charge is 2.23. The van der Waals surface area contributed by atoms with Crippen LogP contribution in [0.4, 0.5) is 0 Å². The fourth-order valence-electron chi connectivity index (χ4n) is 3.43. The van der Waals surface area contributed by atoms with Crippen molar-refractivity contribution in [3.63, 3.8) is 0 Å². The van der Waals surface area contributed by atoms with Gasteiger partial charge in [0.05, 0.1) is 36.3 Å². The Morgan fingerprint density at radius 2 is 2.00 bits per heavy atom. The maximum absolute atomic E-state index is 12.7. The lowest BCUT2D eigenvalue weighted by molar-refractivity contribution is 0.0377. The molecule has 2 aromatic rings. The van der Waals surface area contributed by atoms with Crippen LogP contribution in [0.15, 0.2) is 24.9 Å². The summed E-state index contributed by atoms with van der Waals surface area (Å²) in [5.74, 6) is -0.282. The SMILES string of the molecule is C=C(c1c(C)c(C(=O)OC(C)C)cc2cc(CC)cn12)N1CCOCC1. The van der Waals surface area contributed by atoms with E-state index < -0.39 is 0 Å². The van der Waals surface area contributed by atoms with Gasteiger partial charge in [0, 0.05) is 24.8 Å². The number of esters is 1. The van der Waals surface area contributed by atoms with Crippen molar-refractivity contribution >= 4 is 17.2 Å². The Labute approximate surface area is 155 Å². The largest absolute Gasteiger partial charge is 0.459 e. The Bertz CT molecular complexity index is 829. The van der Waals surface area contributed by atoms with Crippen molar-refractivity contribution in [3.8, 4) is 0 Å². The number of ether oxygens (including phenoxy) is 2. The maximum Gasteiger partial charge on any atom is 0.338 e. The number of hydrogen-bond acceptors (Lipinski definition) is 4. The van der Waals surface area contributed by atoms with Gasteiger partial charge in [-0.1, -0.05) is 13.5 Å². The summed E-state index contributed by atoms with van der Waals surface area (Å²) in [7, 11) is 0. The molecule has 0 unspecified atom stereocenters. The molecule has 1 aliphatic rings. The molecular weight excluding hydrogens is 328 g/mol. The molecule has 0 radical (unpaired) electrons. The van der Waals surface area contributed by atoms with Crippen LogP contribution in [0.5, 0.6) is 0 Å². The molecule has 5 heteroatoms. The Kier molecular flexibility index (Phi) is 5.37. The third kappa shape index (κ3) is 3.49. The fraction of sp³-hybridized carbons (Fsp3) is 0.476. The minimum atomic E-state index is -0.282. The predicted molar refractivity (Wildman–Crippen MR) is 103 cm³/mol. The lowest BCUT2D eigenvalue weighted by Crippen LogP contribution is -2.35. The van der Waals surface area contributed by atoms with Crippen molar-refractivity contribution < 1.29 is 14.3 Å². The van der Waals surface area contributed by atoms with Crippen LogP contribution in [-0.4, -0.2) is 47.7 Å². The molecule has 1 saturated heterocycles. The molecule has 3 heterocycles. The van der Waals surface area contributed by atoms with Gasteiger partial charge in [-0.2, -0.15) is 0 Å². The molecule has 0 amide bonds. The lowest BCUT2D eigenvalue weighted by atomic mass is 10.0. The van der Waals surface area contributed by atoms with Crippen molar-refractivity contribution in [3.05, 3.63) is 47.3 Å². The van der Waals surface area contributed by atoms with Crippen molar-refractivity contribution in [2.45, 2.75) is 40.2 Å². The van der Waals surface area contributed by atoms with Gasteiger partial charge in [0.1, 0.15) is 0 Å². The van der Waals surface area contributed by atoms with E-state index in [1.807, 2.05) is 26.8 Å². The lowest BCUT2D eigenvalue weighted by Gasteiger charge is -2.31. The fourth-order valence-corrected chi connectivity index (χ4v) is 3.43. The zero-order valence-corrected chi connectivity index (χ0v) is 16.2. The summed E-state index contributed by atoms with van der Waals surface area (Å²) in [5.41, 5.74) is 5.63. The third-order valence-corrected chi connectivity index (χ3v) is 4.84. The average molecular weight is 356 g/mol. The Hall–Kier alpha value is -2.27. The van der Waals surface area contributed by atoms with Crippen LogP contribution in [0.25, 0.3) is 11.2 Å². The number of pyridine rings is 1. The number of carbonyl (C=O) groups excluding carboxylic acids is 1. The van der Waals surface area contributed by atoms with Crippen molar-refractivity contribution in [2.24, 2.45) is 0 Å². The van der Waals surface area contributed by atoms with Crippen LogP contribution in [0.1, 0.15) is 48.0 Å². The summed E-state index contributed by atoms with van der Waals surface area (Å²) >= 11 is 0. The molecule has 0 aromatic carbocycles. The Morgan fingerprint density at radius 1 is 1.31 bits per heavy atom. The van der Waals surface area contributed by atoms with Crippen molar-refractivity contribution in [2.75, 3.05) is 26.3 Å². The number of morpholine rings is 1. The molecule has 140 valence electrons. The quantitative estimate of drug-likeness (QED) is 0.767. The monoisotopic (exact) mass is 356 g/mol. The summed E-state index contributed by atoms with van der Waals surface area (Å²) in [6, 6.07) is 4.05. The number of nitrogens with zero attached hydrogens (tertiary/aromatic N) is 2. The number of aromatic nitrogens is 1. The first-order chi connectivity index (χ1) is 12.4. The van der Waals surface area contributed by atoms with Gasteiger partial charge in [-0.3, -0.25) is 0 Å². The first-order valence-corrected chi connectivity index (χ1v) is 9.30. The molecule has 2 aromatic heterocycles. The van der Waals surface area contributed by atoms with Gasteiger partial charge in [0.15, 0.2) is 0 Å². The highest BCUT2D eigenvalue weighted by atomic mass is 16.5. The number of aryl methyl sites for hydroxylation is 1. The molecule has 0 bridgehead atoms. The van der Waals surface area contributed by atoms with E-state index in [-0.39, 0.29) is 12.1 Å². The number of hydrogen-bond donors (Lipinski definition) is 0. The number of carbonyl (C=O) groups is 1. The highest BCUT2D eigenvalue weighted by molar-refractivity contribution is 5.94. The van der Waals surface area contributed by atoms with Gasteiger partial charge in [-0.05, 0) is 50.5 Å². The van der Waals surface area contributed by atoms with E-state index in [1.54, 1.807) is 0 Å². The van der Waals surface area contributed by atoms with Gasteiger partial charge in [0.2, 0.25) is 0 Å². The van der Waals surface area contributed by atoms with Crippen LogP contribution in [0, 0.1) is 6.92 Å². The first kappa shape index (κ1) is 18.5. The van der Waals surface area contributed by atoms with Crippen molar-refractivity contribution in [1.82, 2.24) is 9.30 Å². The van der Waals surface area contributed by atoms with Gasteiger partial charge >= 0.3 is 5.97 Å². The van der Waals surface area contributed by atoms with Gasteiger partial charge in [-0.15, -0.1) is 0 Å². The van der Waals surface area contributed by atoms with Crippen LogP contribution in [0.2, 0.25) is 0 Å².